The van der Waals surface area contributed by atoms with Gasteiger partial charge in [0.2, 0.25) is 0 Å². The van der Waals surface area contributed by atoms with Crippen LogP contribution in [0.2, 0.25) is 0 Å². The Labute approximate surface area is 143 Å². The monoisotopic (exact) mass is 378 g/mol. The Balaban J connectivity index is 2.36. The zero-order valence-corrected chi connectivity index (χ0v) is 14.9. The number of carbonyl (C=O) groups is 2. The third-order valence-electron chi connectivity index (χ3n) is 3.76. The van der Waals surface area contributed by atoms with Gasteiger partial charge >= 0.3 is 5.97 Å². The molecule has 0 radical (unpaired) electrons. The predicted molar refractivity (Wildman–Crippen MR) is 92.2 cm³/mol. The Hall–Kier alpha value is -2.08. The number of carbonyl (C=O) groups excluding carboxylic acids is 1. The van der Waals surface area contributed by atoms with Crippen LogP contribution in [0.4, 0.5) is 0 Å². The molecule has 0 unspecified atom stereocenters. The van der Waals surface area contributed by atoms with E-state index >= 15 is 0 Å². The molecule has 0 saturated heterocycles. The van der Waals surface area contributed by atoms with Gasteiger partial charge in [0.15, 0.2) is 0 Å². The lowest BCUT2D eigenvalue weighted by atomic mass is 10.2. The van der Waals surface area contributed by atoms with Crippen LogP contribution in [0, 0.1) is 13.8 Å². The van der Waals surface area contributed by atoms with E-state index in [1.807, 2.05) is 48.7 Å². The van der Waals surface area contributed by atoms with Crippen molar-refractivity contribution in [3.05, 3.63) is 51.8 Å². The zero-order chi connectivity index (χ0) is 17.1. The van der Waals surface area contributed by atoms with Crippen molar-refractivity contribution in [2.45, 2.75) is 20.3 Å². The Bertz CT molecular complexity index is 752. The topological polar surface area (TPSA) is 62.5 Å². The molecule has 0 atom stereocenters. The van der Waals surface area contributed by atoms with Crippen LogP contribution < -0.4 is 0 Å². The first kappa shape index (κ1) is 17.3. The second-order valence-electron chi connectivity index (χ2n) is 5.44. The molecule has 1 heterocycles. The summed E-state index contributed by atoms with van der Waals surface area (Å²) in [6, 6.07) is 9.66. The summed E-state index contributed by atoms with van der Waals surface area (Å²) < 4.78 is 2.96. The highest BCUT2D eigenvalue weighted by Gasteiger charge is 2.20. The molecule has 1 amide bonds. The maximum absolute atomic E-state index is 12.6. The Morgan fingerprint density at radius 3 is 2.52 bits per heavy atom. The molecule has 2 rings (SSSR count). The zero-order valence-electron chi connectivity index (χ0n) is 13.3. The maximum atomic E-state index is 12.6. The molecule has 0 aliphatic rings. The van der Waals surface area contributed by atoms with E-state index in [-0.39, 0.29) is 18.9 Å². The molecule has 0 fully saturated rings. The fraction of sp³-hybridized carbons (Fsp3) is 0.294. The SMILES string of the molecule is Cc1cc(C(=O)N(C)CCC(=O)O)c(C)n1-c1ccccc1Br. The molecular weight excluding hydrogens is 360 g/mol. The van der Waals surface area contributed by atoms with Gasteiger partial charge in [0.25, 0.3) is 5.91 Å². The van der Waals surface area contributed by atoms with Crippen molar-refractivity contribution in [3.63, 3.8) is 0 Å². The molecule has 1 aromatic carbocycles. The van der Waals surface area contributed by atoms with Gasteiger partial charge in [-0.05, 0) is 48.0 Å². The first-order valence-electron chi connectivity index (χ1n) is 7.24. The molecule has 122 valence electrons. The number of aryl methyl sites for hydroxylation is 1. The van der Waals surface area contributed by atoms with Gasteiger partial charge in [-0.25, -0.2) is 0 Å². The van der Waals surface area contributed by atoms with Crippen molar-refractivity contribution >= 4 is 27.8 Å². The van der Waals surface area contributed by atoms with Crippen molar-refractivity contribution in [2.75, 3.05) is 13.6 Å². The van der Waals surface area contributed by atoms with Crippen molar-refractivity contribution < 1.29 is 14.7 Å². The normalized spacial score (nSPS) is 10.6. The lowest BCUT2D eigenvalue weighted by Crippen LogP contribution is -2.29. The molecule has 23 heavy (non-hydrogen) atoms. The number of benzene rings is 1. The summed E-state index contributed by atoms with van der Waals surface area (Å²) in [5.41, 5.74) is 3.34. The van der Waals surface area contributed by atoms with Crippen LogP contribution in [-0.4, -0.2) is 40.0 Å². The second kappa shape index (κ2) is 7.00. The average Bonchev–Trinajstić information content (AvgIpc) is 2.79. The van der Waals surface area contributed by atoms with Gasteiger partial charge in [-0.15, -0.1) is 0 Å². The average molecular weight is 379 g/mol. The van der Waals surface area contributed by atoms with Crippen LogP contribution in [0.1, 0.15) is 28.2 Å². The third kappa shape index (κ3) is 3.64. The van der Waals surface area contributed by atoms with Crippen molar-refractivity contribution in [1.29, 1.82) is 0 Å². The minimum Gasteiger partial charge on any atom is -0.481 e. The molecule has 0 saturated carbocycles. The van der Waals surface area contributed by atoms with Gasteiger partial charge in [-0.3, -0.25) is 9.59 Å². The molecule has 0 aliphatic carbocycles. The summed E-state index contributed by atoms with van der Waals surface area (Å²) in [5, 5.41) is 8.75. The highest BCUT2D eigenvalue weighted by molar-refractivity contribution is 9.10. The number of aliphatic carboxylic acids is 1. The highest BCUT2D eigenvalue weighted by atomic mass is 79.9. The highest BCUT2D eigenvalue weighted by Crippen LogP contribution is 2.27. The van der Waals surface area contributed by atoms with Gasteiger partial charge in [-0.1, -0.05) is 12.1 Å². The Kier molecular flexibility index (Phi) is 5.26. The molecule has 1 N–H and O–H groups in total. The lowest BCUT2D eigenvalue weighted by molar-refractivity contribution is -0.137. The molecule has 1 aromatic heterocycles. The summed E-state index contributed by atoms with van der Waals surface area (Å²) in [6.07, 6.45) is -0.0643. The van der Waals surface area contributed by atoms with Crippen LogP contribution in [-0.2, 0) is 4.79 Å². The van der Waals surface area contributed by atoms with E-state index in [9.17, 15) is 9.59 Å². The minimum atomic E-state index is -0.914. The van der Waals surface area contributed by atoms with Crippen LogP contribution in [0.25, 0.3) is 5.69 Å². The van der Waals surface area contributed by atoms with Crippen LogP contribution >= 0.6 is 15.9 Å². The van der Waals surface area contributed by atoms with Gasteiger partial charge < -0.3 is 14.6 Å². The number of carboxylic acids is 1. The summed E-state index contributed by atoms with van der Waals surface area (Å²) >= 11 is 3.54. The second-order valence-corrected chi connectivity index (χ2v) is 6.30. The van der Waals surface area contributed by atoms with Gasteiger partial charge in [0.05, 0.1) is 17.7 Å². The number of rotatable bonds is 5. The number of para-hydroxylation sites is 1. The van der Waals surface area contributed by atoms with Gasteiger partial charge in [0.1, 0.15) is 0 Å². The molecule has 0 spiro atoms. The lowest BCUT2D eigenvalue weighted by Gasteiger charge is -2.16. The van der Waals surface area contributed by atoms with Crippen LogP contribution in [0.5, 0.6) is 0 Å². The Morgan fingerprint density at radius 1 is 1.26 bits per heavy atom. The van der Waals surface area contributed by atoms with E-state index in [0.29, 0.717) is 5.56 Å². The third-order valence-corrected chi connectivity index (χ3v) is 4.43. The quantitative estimate of drug-likeness (QED) is 0.866. The predicted octanol–water partition coefficient (Wildman–Crippen LogP) is 3.40. The fourth-order valence-corrected chi connectivity index (χ4v) is 3.02. The van der Waals surface area contributed by atoms with Crippen molar-refractivity contribution in [1.82, 2.24) is 9.47 Å². The summed E-state index contributed by atoms with van der Waals surface area (Å²) in [7, 11) is 1.62. The maximum Gasteiger partial charge on any atom is 0.305 e. The molecule has 2 aromatic rings. The van der Waals surface area contributed by atoms with Crippen LogP contribution in [0.3, 0.4) is 0 Å². The van der Waals surface area contributed by atoms with Gasteiger partial charge in [0, 0.05) is 29.5 Å². The molecule has 0 aliphatic heterocycles. The van der Waals surface area contributed by atoms with E-state index in [1.54, 1.807) is 7.05 Å². The van der Waals surface area contributed by atoms with Crippen molar-refractivity contribution in [2.24, 2.45) is 0 Å². The van der Waals surface area contributed by atoms with E-state index in [0.717, 1.165) is 21.5 Å². The number of carboxylic acid groups (broad SMARTS) is 1. The van der Waals surface area contributed by atoms with E-state index < -0.39 is 5.97 Å². The number of hydrogen-bond donors (Lipinski definition) is 1. The standard InChI is InChI=1S/C17H19BrN2O3/c1-11-10-13(17(23)19(3)9-8-16(21)22)12(2)20(11)15-7-5-4-6-14(15)18/h4-7,10H,8-9H2,1-3H3,(H,21,22). The van der Waals surface area contributed by atoms with Crippen LogP contribution in [0.15, 0.2) is 34.8 Å². The van der Waals surface area contributed by atoms with E-state index in [4.69, 9.17) is 5.11 Å². The largest absolute Gasteiger partial charge is 0.481 e. The number of aromatic nitrogens is 1. The molecule has 5 nitrogen and oxygen atoms in total. The smallest absolute Gasteiger partial charge is 0.305 e. The molecule has 6 heteroatoms. The van der Waals surface area contributed by atoms with Gasteiger partial charge in [-0.2, -0.15) is 0 Å². The van der Waals surface area contributed by atoms with Crippen molar-refractivity contribution in [3.8, 4) is 5.69 Å². The number of nitrogens with zero attached hydrogens (tertiary/aromatic N) is 2. The number of halogens is 1. The molecular formula is C17H19BrN2O3. The minimum absolute atomic E-state index is 0.0643. The van der Waals surface area contributed by atoms with E-state index in [2.05, 4.69) is 15.9 Å². The number of amides is 1. The fourth-order valence-electron chi connectivity index (χ4n) is 2.55. The summed E-state index contributed by atoms with van der Waals surface area (Å²) in [6.45, 7) is 4.03. The molecule has 0 bridgehead atoms. The summed E-state index contributed by atoms with van der Waals surface area (Å²) in [4.78, 5) is 24.7. The summed E-state index contributed by atoms with van der Waals surface area (Å²) in [5.74, 6) is -1.08. The number of hydrogen-bond acceptors (Lipinski definition) is 2. The first-order chi connectivity index (χ1) is 10.8. The Morgan fingerprint density at radius 2 is 1.91 bits per heavy atom. The van der Waals surface area contributed by atoms with E-state index in [1.165, 1.54) is 4.90 Å². The first-order valence-corrected chi connectivity index (χ1v) is 8.03.